The molecule has 18 heavy (non-hydrogen) atoms. The van der Waals surface area contributed by atoms with Gasteiger partial charge in [0.15, 0.2) is 0 Å². The van der Waals surface area contributed by atoms with Gasteiger partial charge in [0.1, 0.15) is 0 Å². The highest BCUT2D eigenvalue weighted by molar-refractivity contribution is 5.77. The summed E-state index contributed by atoms with van der Waals surface area (Å²) in [6.45, 7) is 3.34. The number of nitrogens with two attached hydrogens (primary N) is 1. The van der Waals surface area contributed by atoms with Crippen LogP contribution in [0.25, 0.3) is 0 Å². The van der Waals surface area contributed by atoms with E-state index in [-0.39, 0.29) is 6.04 Å². The minimum Gasteiger partial charge on any atom is -0.336 e. The number of hydrogen-bond donors (Lipinski definition) is 1. The van der Waals surface area contributed by atoms with E-state index in [2.05, 4.69) is 11.9 Å². The molecule has 1 unspecified atom stereocenters. The summed E-state index contributed by atoms with van der Waals surface area (Å²) in [5.41, 5.74) is 5.81. The van der Waals surface area contributed by atoms with Crippen LogP contribution in [0.2, 0.25) is 0 Å². The van der Waals surface area contributed by atoms with Crippen molar-refractivity contribution < 1.29 is 4.79 Å². The van der Waals surface area contributed by atoms with Crippen LogP contribution in [0.15, 0.2) is 0 Å². The topological polar surface area (TPSA) is 49.6 Å². The highest BCUT2D eigenvalue weighted by atomic mass is 16.2. The zero-order chi connectivity index (χ0) is 13.0. The molecule has 0 spiro atoms. The van der Waals surface area contributed by atoms with Gasteiger partial charge in [-0.2, -0.15) is 0 Å². The molecule has 0 aromatic carbocycles. The molecule has 2 fully saturated rings. The zero-order valence-corrected chi connectivity index (χ0v) is 11.6. The number of likely N-dealkylation sites (N-methyl/N-ethyl adjacent to an activating group) is 1. The van der Waals surface area contributed by atoms with Crippen molar-refractivity contribution in [2.45, 2.75) is 44.6 Å². The van der Waals surface area contributed by atoms with E-state index in [1.54, 1.807) is 0 Å². The smallest absolute Gasteiger partial charge is 0.223 e. The Morgan fingerprint density at radius 1 is 1.22 bits per heavy atom. The van der Waals surface area contributed by atoms with E-state index in [1.807, 2.05) is 4.90 Å². The minimum absolute atomic E-state index is 0.222. The fourth-order valence-corrected chi connectivity index (χ4v) is 3.30. The summed E-state index contributed by atoms with van der Waals surface area (Å²) in [5.74, 6) is 0.967. The van der Waals surface area contributed by atoms with Crippen molar-refractivity contribution in [1.29, 1.82) is 0 Å². The van der Waals surface area contributed by atoms with Crippen LogP contribution in [-0.2, 0) is 4.79 Å². The molecule has 2 rings (SSSR count). The maximum absolute atomic E-state index is 12.4. The predicted molar refractivity (Wildman–Crippen MR) is 73.2 cm³/mol. The molecule has 1 heterocycles. The minimum atomic E-state index is 0.222. The second-order valence-electron chi connectivity index (χ2n) is 5.95. The van der Waals surface area contributed by atoms with Gasteiger partial charge in [0.25, 0.3) is 0 Å². The SMILES string of the molecule is CN1CCN(C(=O)CC2CCCCC2)C(CN)C1. The Morgan fingerprint density at radius 2 is 1.94 bits per heavy atom. The number of rotatable bonds is 3. The molecule has 1 saturated carbocycles. The zero-order valence-electron chi connectivity index (χ0n) is 11.6. The Kier molecular flexibility index (Phi) is 5.01. The number of amides is 1. The van der Waals surface area contributed by atoms with E-state index in [1.165, 1.54) is 32.1 Å². The average molecular weight is 253 g/mol. The van der Waals surface area contributed by atoms with Crippen molar-refractivity contribution in [3.63, 3.8) is 0 Å². The predicted octanol–water partition coefficient (Wildman–Crippen LogP) is 1.06. The van der Waals surface area contributed by atoms with Crippen LogP contribution < -0.4 is 5.73 Å². The van der Waals surface area contributed by atoms with Gasteiger partial charge in [-0.05, 0) is 25.8 Å². The van der Waals surface area contributed by atoms with Crippen molar-refractivity contribution in [2.75, 3.05) is 33.2 Å². The normalized spacial score (nSPS) is 27.4. The van der Waals surface area contributed by atoms with Crippen molar-refractivity contribution in [1.82, 2.24) is 9.80 Å². The summed E-state index contributed by atoms with van der Waals surface area (Å²) in [5, 5.41) is 0. The fraction of sp³-hybridized carbons (Fsp3) is 0.929. The third-order valence-electron chi connectivity index (χ3n) is 4.47. The molecule has 0 aromatic rings. The van der Waals surface area contributed by atoms with E-state index < -0.39 is 0 Å². The molecule has 4 heteroatoms. The molecule has 1 saturated heterocycles. The lowest BCUT2D eigenvalue weighted by Crippen LogP contribution is -2.57. The summed E-state index contributed by atoms with van der Waals surface area (Å²) in [6.07, 6.45) is 7.20. The molecule has 2 N–H and O–H groups in total. The highest BCUT2D eigenvalue weighted by Crippen LogP contribution is 2.27. The van der Waals surface area contributed by atoms with Gasteiger partial charge in [-0.1, -0.05) is 19.3 Å². The maximum atomic E-state index is 12.4. The second kappa shape index (κ2) is 6.53. The highest BCUT2D eigenvalue weighted by Gasteiger charge is 2.29. The van der Waals surface area contributed by atoms with Crippen LogP contribution in [-0.4, -0.2) is 55.0 Å². The Labute approximate surface area is 110 Å². The van der Waals surface area contributed by atoms with Gasteiger partial charge in [0, 0.05) is 32.6 Å². The van der Waals surface area contributed by atoms with E-state index in [0.717, 1.165) is 26.1 Å². The Hall–Kier alpha value is -0.610. The first-order chi connectivity index (χ1) is 8.70. The first-order valence-corrected chi connectivity index (χ1v) is 7.38. The molecule has 0 radical (unpaired) electrons. The lowest BCUT2D eigenvalue weighted by Gasteiger charge is -2.40. The fourth-order valence-electron chi connectivity index (χ4n) is 3.30. The molecule has 2 aliphatic rings. The Balaban J connectivity index is 1.86. The van der Waals surface area contributed by atoms with Gasteiger partial charge >= 0.3 is 0 Å². The summed E-state index contributed by atoms with van der Waals surface area (Å²) in [7, 11) is 2.10. The molecule has 104 valence electrons. The van der Waals surface area contributed by atoms with Gasteiger partial charge < -0.3 is 15.5 Å². The molecule has 1 amide bonds. The molecule has 1 aliphatic heterocycles. The standard InChI is InChI=1S/C14H27N3O/c1-16-7-8-17(13(10-15)11-16)14(18)9-12-5-3-2-4-6-12/h12-13H,2-11,15H2,1H3. The van der Waals surface area contributed by atoms with Crippen LogP contribution in [0.1, 0.15) is 38.5 Å². The van der Waals surface area contributed by atoms with Crippen LogP contribution in [0.5, 0.6) is 0 Å². The van der Waals surface area contributed by atoms with Crippen molar-refractivity contribution >= 4 is 5.91 Å². The first kappa shape index (κ1) is 13.8. The third kappa shape index (κ3) is 3.45. The Bertz CT molecular complexity index is 276. The molecule has 0 bridgehead atoms. The number of carbonyl (C=O) groups is 1. The van der Waals surface area contributed by atoms with Crippen molar-refractivity contribution in [3.8, 4) is 0 Å². The number of hydrogen-bond acceptors (Lipinski definition) is 3. The van der Waals surface area contributed by atoms with E-state index in [4.69, 9.17) is 5.73 Å². The van der Waals surface area contributed by atoms with Crippen LogP contribution >= 0.6 is 0 Å². The summed E-state index contributed by atoms with van der Waals surface area (Å²) < 4.78 is 0. The third-order valence-corrected chi connectivity index (χ3v) is 4.47. The van der Waals surface area contributed by atoms with Gasteiger partial charge in [0.05, 0.1) is 6.04 Å². The van der Waals surface area contributed by atoms with Gasteiger partial charge in [0.2, 0.25) is 5.91 Å². The maximum Gasteiger partial charge on any atom is 0.223 e. The van der Waals surface area contributed by atoms with E-state index >= 15 is 0 Å². The molecule has 1 atom stereocenters. The van der Waals surface area contributed by atoms with E-state index in [9.17, 15) is 4.79 Å². The number of nitrogens with zero attached hydrogens (tertiary/aromatic N) is 2. The lowest BCUT2D eigenvalue weighted by atomic mass is 9.86. The quantitative estimate of drug-likeness (QED) is 0.818. The monoisotopic (exact) mass is 253 g/mol. The van der Waals surface area contributed by atoms with E-state index in [0.29, 0.717) is 18.4 Å². The summed E-state index contributed by atoms with van der Waals surface area (Å²) in [4.78, 5) is 16.7. The molecule has 1 aliphatic carbocycles. The molecule has 4 nitrogen and oxygen atoms in total. The average Bonchev–Trinajstić information content (AvgIpc) is 2.39. The van der Waals surface area contributed by atoms with Gasteiger partial charge in [-0.3, -0.25) is 4.79 Å². The van der Waals surface area contributed by atoms with Crippen LogP contribution in [0.4, 0.5) is 0 Å². The second-order valence-corrected chi connectivity index (χ2v) is 5.95. The lowest BCUT2D eigenvalue weighted by molar-refractivity contribution is -0.136. The summed E-state index contributed by atoms with van der Waals surface area (Å²) >= 11 is 0. The first-order valence-electron chi connectivity index (χ1n) is 7.38. The van der Waals surface area contributed by atoms with Crippen molar-refractivity contribution in [2.24, 2.45) is 11.7 Å². The van der Waals surface area contributed by atoms with Crippen LogP contribution in [0.3, 0.4) is 0 Å². The van der Waals surface area contributed by atoms with Gasteiger partial charge in [-0.25, -0.2) is 0 Å². The van der Waals surface area contributed by atoms with Crippen LogP contribution in [0, 0.1) is 5.92 Å². The number of piperazine rings is 1. The van der Waals surface area contributed by atoms with Crippen molar-refractivity contribution in [3.05, 3.63) is 0 Å². The van der Waals surface area contributed by atoms with Gasteiger partial charge in [-0.15, -0.1) is 0 Å². The molecular formula is C14H27N3O. The summed E-state index contributed by atoms with van der Waals surface area (Å²) in [6, 6.07) is 0.222. The largest absolute Gasteiger partial charge is 0.336 e. The molecule has 0 aromatic heterocycles. The molecular weight excluding hydrogens is 226 g/mol. The Morgan fingerprint density at radius 3 is 2.61 bits per heavy atom. The number of carbonyl (C=O) groups excluding carboxylic acids is 1.